The lowest BCUT2D eigenvalue weighted by molar-refractivity contribution is 0.829. The number of hydrogen-bond donors (Lipinski definition) is 2. The zero-order chi connectivity index (χ0) is 20.0. The molecule has 1 unspecified atom stereocenters. The van der Waals surface area contributed by atoms with Gasteiger partial charge in [0.25, 0.3) is 5.56 Å². The molecule has 0 saturated carbocycles. The Morgan fingerprint density at radius 1 is 1.03 bits per heavy atom. The summed E-state index contributed by atoms with van der Waals surface area (Å²) in [4.78, 5) is 33.9. The predicted molar refractivity (Wildman–Crippen MR) is 115 cm³/mol. The molecule has 0 aliphatic rings. The first-order chi connectivity index (χ1) is 14.1. The van der Waals surface area contributed by atoms with Crippen LogP contribution in [-0.4, -0.2) is 29.5 Å². The molecule has 1 N–H and O–H groups in total. The SMILES string of the molecule is O=c1c2ccccc2nc(C(S)c2ncnc3nc[nH]c23)n1-c1ccc(Cl)cc1. The van der Waals surface area contributed by atoms with Crippen LogP contribution in [0.5, 0.6) is 0 Å². The van der Waals surface area contributed by atoms with E-state index in [-0.39, 0.29) is 5.56 Å². The number of imidazole rings is 1. The van der Waals surface area contributed by atoms with Gasteiger partial charge in [0.05, 0.1) is 28.6 Å². The fourth-order valence-electron chi connectivity index (χ4n) is 3.29. The van der Waals surface area contributed by atoms with Crippen LogP contribution in [0.2, 0.25) is 5.02 Å². The van der Waals surface area contributed by atoms with Crippen molar-refractivity contribution < 1.29 is 0 Å². The maximum Gasteiger partial charge on any atom is 0.266 e. The minimum atomic E-state index is -0.603. The number of H-pyrrole nitrogens is 1. The van der Waals surface area contributed by atoms with Crippen molar-refractivity contribution in [3.05, 3.63) is 88.1 Å². The van der Waals surface area contributed by atoms with Crippen molar-refractivity contribution in [3.8, 4) is 5.69 Å². The predicted octanol–water partition coefficient (Wildman–Crippen LogP) is 3.72. The Kier molecular flexibility index (Phi) is 4.30. The lowest BCUT2D eigenvalue weighted by atomic mass is 10.2. The molecule has 0 aliphatic heterocycles. The summed E-state index contributed by atoms with van der Waals surface area (Å²) in [5, 5.41) is 0.490. The van der Waals surface area contributed by atoms with E-state index in [9.17, 15) is 4.79 Å². The summed E-state index contributed by atoms with van der Waals surface area (Å²) in [6.07, 6.45) is 2.97. The minimum absolute atomic E-state index is 0.193. The Labute approximate surface area is 174 Å². The van der Waals surface area contributed by atoms with Crippen molar-refractivity contribution in [1.29, 1.82) is 0 Å². The minimum Gasteiger partial charge on any atom is -0.342 e. The standard InChI is InChI=1S/C20H13ClN6OS/c21-11-5-7-12(8-6-11)27-19(26-14-4-2-1-3-13(14)20(27)28)17(29)15-16-18(24-9-22-15)25-10-23-16/h1-10,17,29H,(H,22,23,24,25). The summed E-state index contributed by atoms with van der Waals surface area (Å²) >= 11 is 10.8. The summed E-state index contributed by atoms with van der Waals surface area (Å²) in [5.74, 6) is 0.439. The quantitative estimate of drug-likeness (QED) is 0.434. The van der Waals surface area contributed by atoms with Crippen LogP contribution in [-0.2, 0) is 0 Å². The van der Waals surface area contributed by atoms with E-state index in [0.717, 1.165) is 0 Å². The fraction of sp³-hybridized carbons (Fsp3) is 0.0500. The molecule has 1 atom stereocenters. The maximum absolute atomic E-state index is 13.4. The van der Waals surface area contributed by atoms with Crippen molar-refractivity contribution in [2.24, 2.45) is 0 Å². The second kappa shape index (κ2) is 6.98. The molecule has 7 nitrogen and oxygen atoms in total. The van der Waals surface area contributed by atoms with Gasteiger partial charge in [0.15, 0.2) is 5.65 Å². The van der Waals surface area contributed by atoms with Crippen LogP contribution in [0.25, 0.3) is 27.8 Å². The fourth-order valence-corrected chi connectivity index (χ4v) is 3.78. The molecule has 0 amide bonds. The molecule has 5 rings (SSSR count). The monoisotopic (exact) mass is 420 g/mol. The molecule has 0 radical (unpaired) electrons. The lowest BCUT2D eigenvalue weighted by Crippen LogP contribution is -2.25. The number of benzene rings is 2. The van der Waals surface area contributed by atoms with E-state index < -0.39 is 5.25 Å². The number of nitrogens with zero attached hydrogens (tertiary/aromatic N) is 5. The first-order valence-electron chi connectivity index (χ1n) is 8.73. The highest BCUT2D eigenvalue weighted by Gasteiger charge is 2.23. The van der Waals surface area contributed by atoms with Crippen LogP contribution in [0, 0.1) is 0 Å². The van der Waals surface area contributed by atoms with Crippen LogP contribution < -0.4 is 5.56 Å². The highest BCUT2D eigenvalue weighted by atomic mass is 35.5. The van der Waals surface area contributed by atoms with E-state index in [4.69, 9.17) is 29.2 Å². The van der Waals surface area contributed by atoms with E-state index in [1.807, 2.05) is 12.1 Å². The molecule has 0 spiro atoms. The number of nitrogens with one attached hydrogen (secondary N) is 1. The van der Waals surface area contributed by atoms with Gasteiger partial charge in [-0.1, -0.05) is 23.7 Å². The van der Waals surface area contributed by atoms with Crippen molar-refractivity contribution in [1.82, 2.24) is 29.5 Å². The Bertz CT molecular complexity index is 1410. The molecule has 5 aromatic rings. The van der Waals surface area contributed by atoms with Crippen LogP contribution in [0.1, 0.15) is 16.8 Å². The second-order valence-electron chi connectivity index (χ2n) is 6.37. The Balaban J connectivity index is 1.82. The van der Waals surface area contributed by atoms with E-state index in [1.165, 1.54) is 6.33 Å². The summed E-state index contributed by atoms with van der Waals surface area (Å²) in [6.45, 7) is 0. The van der Waals surface area contributed by atoms with Gasteiger partial charge in [0, 0.05) is 5.02 Å². The smallest absolute Gasteiger partial charge is 0.266 e. The molecule has 3 heterocycles. The molecule has 3 aromatic heterocycles. The number of thiol groups is 1. The van der Waals surface area contributed by atoms with Crippen molar-refractivity contribution in [3.63, 3.8) is 0 Å². The molecule has 0 bridgehead atoms. The average Bonchev–Trinajstić information content (AvgIpc) is 3.23. The maximum atomic E-state index is 13.4. The zero-order valence-corrected chi connectivity index (χ0v) is 16.5. The van der Waals surface area contributed by atoms with Crippen molar-refractivity contribution in [2.45, 2.75) is 5.25 Å². The van der Waals surface area contributed by atoms with Gasteiger partial charge in [0.2, 0.25) is 0 Å². The number of fused-ring (bicyclic) bond motifs is 2. The molecule has 0 aliphatic carbocycles. The van der Waals surface area contributed by atoms with Gasteiger partial charge in [-0.2, -0.15) is 12.6 Å². The summed E-state index contributed by atoms with van der Waals surface area (Å²) < 4.78 is 1.54. The van der Waals surface area contributed by atoms with E-state index in [1.54, 1.807) is 47.3 Å². The number of aromatic nitrogens is 6. The van der Waals surface area contributed by atoms with Crippen LogP contribution >= 0.6 is 24.2 Å². The van der Waals surface area contributed by atoms with Gasteiger partial charge in [-0.3, -0.25) is 9.36 Å². The van der Waals surface area contributed by atoms with Gasteiger partial charge >= 0.3 is 0 Å². The summed E-state index contributed by atoms with van der Waals surface area (Å²) in [6, 6.07) is 14.2. The summed E-state index contributed by atoms with van der Waals surface area (Å²) in [5.41, 5.74) is 2.80. The first-order valence-corrected chi connectivity index (χ1v) is 9.62. The van der Waals surface area contributed by atoms with Crippen LogP contribution in [0.15, 0.2) is 66.0 Å². The van der Waals surface area contributed by atoms with Gasteiger partial charge in [-0.05, 0) is 36.4 Å². The Morgan fingerprint density at radius 3 is 2.66 bits per heavy atom. The largest absolute Gasteiger partial charge is 0.342 e. The van der Waals surface area contributed by atoms with Crippen LogP contribution in [0.4, 0.5) is 0 Å². The number of aromatic amines is 1. The third-order valence-corrected chi connectivity index (χ3v) is 5.37. The molecule has 2 aromatic carbocycles. The molecule has 9 heteroatoms. The number of hydrogen-bond acceptors (Lipinski definition) is 6. The van der Waals surface area contributed by atoms with Gasteiger partial charge in [-0.15, -0.1) is 0 Å². The molecule has 0 saturated heterocycles. The molecule has 0 fully saturated rings. The highest BCUT2D eigenvalue weighted by molar-refractivity contribution is 7.80. The number of halogens is 1. The third kappa shape index (κ3) is 2.97. The Morgan fingerprint density at radius 2 is 1.83 bits per heavy atom. The van der Waals surface area contributed by atoms with E-state index >= 15 is 0 Å². The number of para-hydroxylation sites is 1. The third-order valence-electron chi connectivity index (χ3n) is 4.64. The second-order valence-corrected chi connectivity index (χ2v) is 7.32. The lowest BCUT2D eigenvalue weighted by Gasteiger charge is -2.18. The number of rotatable bonds is 3. The zero-order valence-electron chi connectivity index (χ0n) is 14.8. The average molecular weight is 421 g/mol. The highest BCUT2D eigenvalue weighted by Crippen LogP contribution is 2.30. The van der Waals surface area contributed by atoms with Gasteiger partial charge < -0.3 is 4.98 Å². The molecular weight excluding hydrogens is 408 g/mol. The van der Waals surface area contributed by atoms with E-state index in [0.29, 0.717) is 44.3 Å². The molecule has 29 heavy (non-hydrogen) atoms. The normalized spacial score (nSPS) is 12.5. The first kappa shape index (κ1) is 17.8. The van der Waals surface area contributed by atoms with Crippen molar-refractivity contribution >= 4 is 46.3 Å². The summed E-state index contributed by atoms with van der Waals surface area (Å²) in [7, 11) is 0. The molecular formula is C20H13ClN6OS. The van der Waals surface area contributed by atoms with Gasteiger partial charge in [-0.25, -0.2) is 19.9 Å². The molecule has 142 valence electrons. The topological polar surface area (TPSA) is 89.3 Å². The van der Waals surface area contributed by atoms with Crippen molar-refractivity contribution in [2.75, 3.05) is 0 Å². The van der Waals surface area contributed by atoms with Gasteiger partial charge in [0.1, 0.15) is 22.9 Å². The van der Waals surface area contributed by atoms with Crippen LogP contribution in [0.3, 0.4) is 0 Å². The Hall–Kier alpha value is -3.23. The van der Waals surface area contributed by atoms with E-state index in [2.05, 4.69) is 19.9 Å².